The zero-order valence-electron chi connectivity index (χ0n) is 17.6. The Bertz CT molecular complexity index is 1150. The van der Waals surface area contributed by atoms with Gasteiger partial charge >= 0.3 is 0 Å². The summed E-state index contributed by atoms with van der Waals surface area (Å²) in [5.74, 6) is 1.45. The molecule has 160 valence electrons. The fourth-order valence-electron chi connectivity index (χ4n) is 3.50. The number of H-pyrrole nitrogens is 1. The van der Waals surface area contributed by atoms with Gasteiger partial charge in [0.25, 0.3) is 5.22 Å². The summed E-state index contributed by atoms with van der Waals surface area (Å²) in [4.78, 5) is 15.4. The van der Waals surface area contributed by atoms with Crippen LogP contribution in [0, 0.1) is 6.92 Å². The summed E-state index contributed by atoms with van der Waals surface area (Å²) in [5.41, 5.74) is 4.45. The van der Waals surface area contributed by atoms with Gasteiger partial charge in [-0.25, -0.2) is 0 Å². The molecule has 0 aliphatic rings. The first-order valence-electron chi connectivity index (χ1n) is 10.5. The molecule has 7 heteroatoms. The van der Waals surface area contributed by atoms with Crippen LogP contribution in [-0.2, 0) is 17.6 Å². The highest BCUT2D eigenvalue weighted by molar-refractivity contribution is 7.99. The van der Waals surface area contributed by atoms with Crippen LogP contribution in [0.25, 0.3) is 10.9 Å². The Hall–Kier alpha value is -3.06. The predicted octanol–water partition coefficient (Wildman–Crippen LogP) is 5.55. The fourth-order valence-corrected chi connectivity index (χ4v) is 4.22. The summed E-state index contributed by atoms with van der Waals surface area (Å²) < 4.78 is 5.74. The number of para-hydroxylation sites is 1. The molecule has 0 bridgehead atoms. The van der Waals surface area contributed by atoms with Gasteiger partial charge < -0.3 is 14.7 Å². The molecule has 4 aromatic rings. The van der Waals surface area contributed by atoms with Crippen LogP contribution >= 0.6 is 11.8 Å². The molecule has 4 rings (SSSR count). The number of hydrogen-bond donors (Lipinski definition) is 2. The van der Waals surface area contributed by atoms with Gasteiger partial charge in [-0.15, -0.1) is 10.2 Å². The van der Waals surface area contributed by atoms with E-state index in [-0.39, 0.29) is 5.91 Å². The summed E-state index contributed by atoms with van der Waals surface area (Å²) in [5, 5.41) is 13.0. The lowest BCUT2D eigenvalue weighted by atomic mass is 10.1. The van der Waals surface area contributed by atoms with Gasteiger partial charge in [0.2, 0.25) is 11.8 Å². The van der Waals surface area contributed by atoms with E-state index in [1.807, 2.05) is 37.3 Å². The van der Waals surface area contributed by atoms with Crippen LogP contribution < -0.4 is 5.32 Å². The van der Waals surface area contributed by atoms with Crippen LogP contribution in [0.15, 0.2) is 64.4 Å². The molecule has 0 unspecified atom stereocenters. The van der Waals surface area contributed by atoms with Crippen molar-refractivity contribution in [2.45, 2.75) is 44.3 Å². The standard InChI is InChI=1S/C24H26N4O2S/c1-17-7-4-9-19(15-17)26-22(29)12-6-14-31-24-28-27-23(30-24)13-5-8-18-16-25-21-11-3-2-10-20(18)21/h2-4,7,9-11,15-16,25H,5-6,8,12-14H2,1H3,(H,26,29). The van der Waals surface area contributed by atoms with E-state index in [1.54, 1.807) is 0 Å². The minimum absolute atomic E-state index is 0.0229. The Kier molecular flexibility index (Phi) is 7.04. The van der Waals surface area contributed by atoms with Crippen molar-refractivity contribution < 1.29 is 9.21 Å². The van der Waals surface area contributed by atoms with E-state index in [0.29, 0.717) is 17.5 Å². The van der Waals surface area contributed by atoms with Crippen molar-refractivity contribution >= 4 is 34.3 Å². The molecule has 2 aromatic heterocycles. The molecule has 0 fully saturated rings. The predicted molar refractivity (Wildman–Crippen MR) is 124 cm³/mol. The maximum atomic E-state index is 12.1. The number of benzene rings is 2. The van der Waals surface area contributed by atoms with Crippen molar-refractivity contribution in [1.29, 1.82) is 0 Å². The monoisotopic (exact) mass is 434 g/mol. The van der Waals surface area contributed by atoms with Gasteiger partial charge in [0.1, 0.15) is 0 Å². The normalized spacial score (nSPS) is 11.1. The van der Waals surface area contributed by atoms with Crippen molar-refractivity contribution in [2.75, 3.05) is 11.1 Å². The van der Waals surface area contributed by atoms with Crippen molar-refractivity contribution in [2.24, 2.45) is 0 Å². The summed E-state index contributed by atoms with van der Waals surface area (Å²) >= 11 is 1.50. The molecule has 0 atom stereocenters. The summed E-state index contributed by atoms with van der Waals surface area (Å²) in [6, 6.07) is 16.1. The minimum Gasteiger partial charge on any atom is -0.416 e. The second-order valence-corrected chi connectivity index (χ2v) is 8.59. The number of fused-ring (bicyclic) bond motifs is 1. The van der Waals surface area contributed by atoms with E-state index >= 15 is 0 Å². The van der Waals surface area contributed by atoms with Crippen LogP contribution in [0.4, 0.5) is 5.69 Å². The molecule has 0 saturated carbocycles. The highest BCUT2D eigenvalue weighted by Crippen LogP contribution is 2.21. The number of hydrogen-bond acceptors (Lipinski definition) is 5. The second kappa shape index (κ2) is 10.3. The first-order valence-corrected chi connectivity index (χ1v) is 11.5. The van der Waals surface area contributed by atoms with Crippen molar-refractivity contribution in [3.63, 3.8) is 0 Å². The van der Waals surface area contributed by atoms with Gasteiger partial charge in [0, 0.05) is 41.4 Å². The van der Waals surface area contributed by atoms with Crippen LogP contribution in [0.1, 0.15) is 36.3 Å². The topological polar surface area (TPSA) is 83.8 Å². The molecular formula is C24H26N4O2S. The van der Waals surface area contributed by atoms with Gasteiger partial charge in [-0.3, -0.25) is 4.79 Å². The van der Waals surface area contributed by atoms with E-state index in [4.69, 9.17) is 4.42 Å². The highest BCUT2D eigenvalue weighted by atomic mass is 32.2. The Morgan fingerprint density at radius 3 is 2.90 bits per heavy atom. The maximum absolute atomic E-state index is 12.1. The van der Waals surface area contributed by atoms with Gasteiger partial charge in [0.15, 0.2) is 0 Å². The molecule has 0 saturated heterocycles. The third-order valence-electron chi connectivity index (χ3n) is 5.04. The number of rotatable bonds is 10. The van der Waals surface area contributed by atoms with Gasteiger partial charge in [-0.05, 0) is 55.5 Å². The summed E-state index contributed by atoms with van der Waals surface area (Å²) in [6.07, 6.45) is 5.96. The molecule has 0 spiro atoms. The Balaban J connectivity index is 1.15. The first kappa shape index (κ1) is 21.2. The average molecular weight is 435 g/mol. The quantitative estimate of drug-likeness (QED) is 0.253. The number of aryl methyl sites for hydroxylation is 3. The smallest absolute Gasteiger partial charge is 0.276 e. The minimum atomic E-state index is 0.0229. The molecule has 6 nitrogen and oxygen atoms in total. The Morgan fingerprint density at radius 2 is 2.00 bits per heavy atom. The van der Waals surface area contributed by atoms with Crippen molar-refractivity contribution in [1.82, 2.24) is 15.2 Å². The van der Waals surface area contributed by atoms with Gasteiger partial charge in [-0.1, -0.05) is 42.1 Å². The SMILES string of the molecule is Cc1cccc(NC(=O)CCCSc2nnc(CCCc3c[nH]c4ccccc34)o2)c1. The van der Waals surface area contributed by atoms with Crippen molar-refractivity contribution in [3.05, 3.63) is 71.7 Å². The number of aromatic nitrogens is 3. The number of amides is 1. The summed E-state index contributed by atoms with van der Waals surface area (Å²) in [6.45, 7) is 2.01. The molecule has 2 aromatic carbocycles. The fraction of sp³-hybridized carbons (Fsp3) is 0.292. The Labute approximate surface area is 185 Å². The molecular weight excluding hydrogens is 408 g/mol. The maximum Gasteiger partial charge on any atom is 0.276 e. The zero-order valence-corrected chi connectivity index (χ0v) is 18.4. The van der Waals surface area contributed by atoms with Gasteiger partial charge in [0.05, 0.1) is 0 Å². The number of carbonyl (C=O) groups excluding carboxylic acids is 1. The highest BCUT2D eigenvalue weighted by Gasteiger charge is 2.09. The lowest BCUT2D eigenvalue weighted by Crippen LogP contribution is -2.11. The lowest BCUT2D eigenvalue weighted by molar-refractivity contribution is -0.116. The van der Waals surface area contributed by atoms with Crippen LogP contribution in [-0.4, -0.2) is 26.8 Å². The number of aromatic amines is 1. The molecule has 2 N–H and O–H groups in total. The molecule has 0 aliphatic heterocycles. The van der Waals surface area contributed by atoms with Crippen LogP contribution in [0.2, 0.25) is 0 Å². The first-order chi connectivity index (χ1) is 15.2. The van der Waals surface area contributed by atoms with Gasteiger partial charge in [-0.2, -0.15) is 0 Å². The lowest BCUT2D eigenvalue weighted by Gasteiger charge is -2.05. The van der Waals surface area contributed by atoms with Crippen LogP contribution in [0.5, 0.6) is 0 Å². The third kappa shape index (κ3) is 5.98. The Morgan fingerprint density at radius 1 is 1.10 bits per heavy atom. The number of nitrogens with one attached hydrogen (secondary N) is 2. The number of carbonyl (C=O) groups is 1. The molecule has 31 heavy (non-hydrogen) atoms. The number of nitrogens with zero attached hydrogens (tertiary/aromatic N) is 2. The molecule has 2 heterocycles. The largest absolute Gasteiger partial charge is 0.416 e. The molecule has 0 radical (unpaired) electrons. The molecule has 1 amide bonds. The van der Waals surface area contributed by atoms with Crippen LogP contribution in [0.3, 0.4) is 0 Å². The number of anilines is 1. The third-order valence-corrected chi connectivity index (χ3v) is 5.94. The zero-order chi connectivity index (χ0) is 21.5. The van der Waals surface area contributed by atoms with E-state index in [9.17, 15) is 4.79 Å². The van der Waals surface area contributed by atoms with Crippen molar-refractivity contribution in [3.8, 4) is 0 Å². The van der Waals surface area contributed by atoms with E-state index in [2.05, 4.69) is 44.9 Å². The number of thioether (sulfide) groups is 1. The van der Waals surface area contributed by atoms with E-state index in [1.165, 1.54) is 28.2 Å². The average Bonchev–Trinajstić information content (AvgIpc) is 3.39. The molecule has 0 aliphatic carbocycles. The second-order valence-electron chi connectivity index (χ2n) is 7.54. The van der Waals surface area contributed by atoms with E-state index in [0.717, 1.165) is 42.7 Å². The summed E-state index contributed by atoms with van der Waals surface area (Å²) in [7, 11) is 0. The van der Waals surface area contributed by atoms with E-state index < -0.39 is 0 Å².